The second kappa shape index (κ2) is 8.67. The van der Waals surface area contributed by atoms with Crippen LogP contribution in [0.4, 0.5) is 11.6 Å². The highest BCUT2D eigenvalue weighted by Gasteiger charge is 2.18. The maximum absolute atomic E-state index is 12.8. The Hall–Kier alpha value is -3.31. The molecule has 32 heavy (non-hydrogen) atoms. The molecule has 0 spiro atoms. The summed E-state index contributed by atoms with van der Waals surface area (Å²) in [6.45, 7) is 6.96. The van der Waals surface area contributed by atoms with E-state index in [1.54, 1.807) is 6.07 Å². The fourth-order valence-electron chi connectivity index (χ4n) is 3.14. The van der Waals surface area contributed by atoms with E-state index in [9.17, 15) is 13.2 Å². The van der Waals surface area contributed by atoms with Gasteiger partial charge in [-0.25, -0.2) is 23.1 Å². The first-order valence-corrected chi connectivity index (χ1v) is 12.2. The molecule has 0 fully saturated rings. The van der Waals surface area contributed by atoms with Gasteiger partial charge in [0.1, 0.15) is 4.83 Å². The average molecular weight is 471 g/mol. The fraction of sp³-hybridized carbons (Fsp3) is 0.238. The normalized spacial score (nSPS) is 11.8. The van der Waals surface area contributed by atoms with E-state index in [0.717, 1.165) is 22.5 Å². The number of hydrogen-bond donors (Lipinski definition) is 2. The van der Waals surface area contributed by atoms with Crippen LogP contribution in [0.5, 0.6) is 0 Å². The third-order valence-corrected chi connectivity index (χ3v) is 7.07. The Morgan fingerprint density at radius 1 is 1.16 bits per heavy atom. The Balaban J connectivity index is 1.49. The number of sulfonamides is 1. The standard InChI is InChI=1S/C21H22N6O3S2/c1-13(2)12-27-20-17(14(3)25-27)11-18(31-20)19(28)24-15-5-7-16(8-6-15)32(29,30)26-21-22-9-4-10-23-21/h4-11,13H,12H2,1-3H3,(H,24,28)(H,22,23,26). The summed E-state index contributed by atoms with van der Waals surface area (Å²) in [5, 5.41) is 8.35. The number of nitrogens with zero attached hydrogens (tertiary/aromatic N) is 4. The van der Waals surface area contributed by atoms with Crippen LogP contribution in [0.1, 0.15) is 29.2 Å². The highest BCUT2D eigenvalue weighted by molar-refractivity contribution is 7.92. The average Bonchev–Trinajstić information content (AvgIpc) is 3.30. The molecule has 1 aromatic carbocycles. The Morgan fingerprint density at radius 2 is 1.84 bits per heavy atom. The van der Waals surface area contributed by atoms with Crippen LogP contribution in [0.25, 0.3) is 10.2 Å². The van der Waals surface area contributed by atoms with Gasteiger partial charge in [-0.3, -0.25) is 9.48 Å². The van der Waals surface area contributed by atoms with Crippen molar-refractivity contribution in [3.05, 3.63) is 59.4 Å². The topological polar surface area (TPSA) is 119 Å². The molecule has 2 N–H and O–H groups in total. The van der Waals surface area contributed by atoms with Crippen molar-refractivity contribution in [3.8, 4) is 0 Å². The Kier molecular flexibility index (Phi) is 5.94. The van der Waals surface area contributed by atoms with E-state index in [4.69, 9.17) is 0 Å². The summed E-state index contributed by atoms with van der Waals surface area (Å²) < 4.78 is 29.2. The highest BCUT2D eigenvalue weighted by atomic mass is 32.2. The SMILES string of the molecule is Cc1nn(CC(C)C)c2sc(C(=O)Nc3ccc(S(=O)(=O)Nc4ncccn4)cc3)cc12. The van der Waals surface area contributed by atoms with E-state index in [1.165, 1.54) is 48.0 Å². The Morgan fingerprint density at radius 3 is 2.50 bits per heavy atom. The van der Waals surface area contributed by atoms with Gasteiger partial charge in [-0.05, 0) is 49.2 Å². The monoisotopic (exact) mass is 470 g/mol. The van der Waals surface area contributed by atoms with Gasteiger partial charge < -0.3 is 5.32 Å². The molecule has 1 amide bonds. The quantitative estimate of drug-likeness (QED) is 0.423. The summed E-state index contributed by atoms with van der Waals surface area (Å²) in [6.07, 6.45) is 2.89. The van der Waals surface area contributed by atoms with Crippen molar-refractivity contribution in [2.24, 2.45) is 5.92 Å². The molecule has 9 nitrogen and oxygen atoms in total. The molecule has 0 radical (unpaired) electrons. The molecule has 0 aliphatic rings. The number of rotatable bonds is 7. The number of nitrogens with one attached hydrogen (secondary N) is 2. The van der Waals surface area contributed by atoms with Crippen molar-refractivity contribution in [2.75, 3.05) is 10.0 Å². The lowest BCUT2D eigenvalue weighted by molar-refractivity contribution is 0.103. The third-order valence-electron chi connectivity index (χ3n) is 4.58. The predicted molar refractivity (Wildman–Crippen MR) is 124 cm³/mol. The number of carbonyl (C=O) groups excluding carboxylic acids is 1. The highest BCUT2D eigenvalue weighted by Crippen LogP contribution is 2.29. The van der Waals surface area contributed by atoms with Gasteiger partial charge in [0.2, 0.25) is 5.95 Å². The first kappa shape index (κ1) is 21.9. The summed E-state index contributed by atoms with van der Waals surface area (Å²) in [4.78, 5) is 22.1. The minimum absolute atomic E-state index is 0.0130. The van der Waals surface area contributed by atoms with Gasteiger partial charge in [0.15, 0.2) is 0 Å². The van der Waals surface area contributed by atoms with Gasteiger partial charge in [0.25, 0.3) is 15.9 Å². The molecule has 4 rings (SSSR count). The first-order valence-electron chi connectivity index (χ1n) is 9.91. The van der Waals surface area contributed by atoms with E-state index in [0.29, 0.717) is 16.5 Å². The van der Waals surface area contributed by atoms with Crippen molar-refractivity contribution in [3.63, 3.8) is 0 Å². The van der Waals surface area contributed by atoms with Crippen LogP contribution < -0.4 is 10.0 Å². The van der Waals surface area contributed by atoms with Crippen molar-refractivity contribution >= 4 is 49.1 Å². The zero-order valence-electron chi connectivity index (χ0n) is 17.7. The molecule has 0 aliphatic carbocycles. The van der Waals surface area contributed by atoms with Crippen LogP contribution in [0.2, 0.25) is 0 Å². The van der Waals surface area contributed by atoms with Crippen molar-refractivity contribution < 1.29 is 13.2 Å². The summed E-state index contributed by atoms with van der Waals surface area (Å²) in [7, 11) is -3.84. The second-order valence-corrected chi connectivity index (χ2v) is 10.4. The minimum atomic E-state index is -3.84. The molecule has 0 saturated carbocycles. The number of amides is 1. The fourth-order valence-corrected chi connectivity index (χ4v) is 5.16. The van der Waals surface area contributed by atoms with Gasteiger partial charge in [0, 0.05) is 30.0 Å². The number of carbonyl (C=O) groups is 1. The summed E-state index contributed by atoms with van der Waals surface area (Å²) in [5.41, 5.74) is 1.38. The van der Waals surface area contributed by atoms with Crippen molar-refractivity contribution in [1.29, 1.82) is 0 Å². The molecule has 3 aromatic heterocycles. The first-order chi connectivity index (χ1) is 15.2. The van der Waals surface area contributed by atoms with E-state index in [-0.39, 0.29) is 16.8 Å². The molecule has 11 heteroatoms. The van der Waals surface area contributed by atoms with Crippen LogP contribution in [0, 0.1) is 12.8 Å². The molecule has 0 aliphatic heterocycles. The number of hydrogen-bond acceptors (Lipinski definition) is 7. The van der Waals surface area contributed by atoms with Gasteiger partial charge in [-0.15, -0.1) is 11.3 Å². The zero-order chi connectivity index (χ0) is 22.9. The van der Waals surface area contributed by atoms with Gasteiger partial charge in [-0.1, -0.05) is 13.8 Å². The zero-order valence-corrected chi connectivity index (χ0v) is 19.4. The molecule has 0 atom stereocenters. The van der Waals surface area contributed by atoms with E-state index < -0.39 is 10.0 Å². The van der Waals surface area contributed by atoms with Crippen molar-refractivity contribution in [2.45, 2.75) is 32.2 Å². The molecule has 0 unspecified atom stereocenters. The molecular weight excluding hydrogens is 448 g/mol. The third kappa shape index (κ3) is 4.63. The summed E-state index contributed by atoms with van der Waals surface area (Å²) in [5.74, 6) is 0.170. The molecule has 4 aromatic rings. The van der Waals surface area contributed by atoms with Gasteiger partial charge in [-0.2, -0.15) is 5.10 Å². The maximum atomic E-state index is 12.8. The Labute approximate surface area is 189 Å². The number of anilines is 2. The smallest absolute Gasteiger partial charge is 0.265 e. The van der Waals surface area contributed by atoms with E-state index >= 15 is 0 Å². The van der Waals surface area contributed by atoms with Gasteiger partial charge >= 0.3 is 0 Å². The second-order valence-electron chi connectivity index (χ2n) is 7.65. The number of aromatic nitrogens is 4. The molecule has 0 saturated heterocycles. The van der Waals surface area contributed by atoms with Crippen LogP contribution in [0.15, 0.2) is 53.7 Å². The maximum Gasteiger partial charge on any atom is 0.265 e. The summed E-state index contributed by atoms with van der Waals surface area (Å²) in [6, 6.07) is 9.34. The lowest BCUT2D eigenvalue weighted by atomic mass is 10.2. The number of aryl methyl sites for hydroxylation is 1. The van der Waals surface area contributed by atoms with Crippen LogP contribution in [0.3, 0.4) is 0 Å². The number of fused-ring (bicyclic) bond motifs is 1. The van der Waals surface area contributed by atoms with Crippen LogP contribution >= 0.6 is 11.3 Å². The minimum Gasteiger partial charge on any atom is -0.321 e. The van der Waals surface area contributed by atoms with E-state index in [2.05, 4.69) is 39.0 Å². The largest absolute Gasteiger partial charge is 0.321 e. The van der Waals surface area contributed by atoms with Crippen molar-refractivity contribution in [1.82, 2.24) is 19.7 Å². The van der Waals surface area contributed by atoms with Gasteiger partial charge in [0.05, 0.1) is 15.5 Å². The molecule has 166 valence electrons. The van der Waals surface area contributed by atoms with Crippen LogP contribution in [-0.4, -0.2) is 34.1 Å². The lowest BCUT2D eigenvalue weighted by Crippen LogP contribution is -2.15. The Bertz CT molecular complexity index is 1360. The lowest BCUT2D eigenvalue weighted by Gasteiger charge is -2.08. The predicted octanol–water partition coefficient (Wildman–Crippen LogP) is 3.91. The van der Waals surface area contributed by atoms with Crippen LogP contribution in [-0.2, 0) is 16.6 Å². The van der Waals surface area contributed by atoms with E-state index in [1.807, 2.05) is 17.7 Å². The molecule has 3 heterocycles. The summed E-state index contributed by atoms with van der Waals surface area (Å²) >= 11 is 1.39. The molecular formula is C21H22N6O3S2. The molecule has 0 bridgehead atoms. The number of benzene rings is 1. The number of thiophene rings is 1.